The van der Waals surface area contributed by atoms with Crippen LogP contribution in [0.15, 0.2) is 29.6 Å². The molecule has 3 aromatic rings. The van der Waals surface area contributed by atoms with E-state index in [4.69, 9.17) is 0 Å². The summed E-state index contributed by atoms with van der Waals surface area (Å²) in [5.74, 6) is 0.331. The number of aromatic nitrogens is 1. The van der Waals surface area contributed by atoms with Gasteiger partial charge in [-0.05, 0) is 6.07 Å². The standard InChI is InChI=1S/C9H5NOS2/c11-8-5-12-9-10(8)6-3-1-2-4-7(6)13-9/h1-5H/p+1. The fraction of sp³-hybridized carbons (Fsp3) is 0. The second kappa shape index (κ2) is 2.43. The molecule has 4 heteroatoms. The highest BCUT2D eigenvalue weighted by atomic mass is 32.2. The van der Waals surface area contributed by atoms with Gasteiger partial charge in [0.05, 0.1) is 0 Å². The Hall–Kier alpha value is -1.13. The third-order valence-electron chi connectivity index (χ3n) is 1.98. The Bertz CT molecular complexity index is 581. The van der Waals surface area contributed by atoms with Gasteiger partial charge in [0.25, 0.3) is 0 Å². The smallest absolute Gasteiger partial charge is 0.383 e. The van der Waals surface area contributed by atoms with Gasteiger partial charge in [0.2, 0.25) is 5.52 Å². The van der Waals surface area contributed by atoms with Gasteiger partial charge in [-0.1, -0.05) is 34.8 Å². The molecule has 0 radical (unpaired) electrons. The zero-order valence-corrected chi connectivity index (χ0v) is 8.23. The highest BCUT2D eigenvalue weighted by Crippen LogP contribution is 2.27. The summed E-state index contributed by atoms with van der Waals surface area (Å²) < 4.78 is 4.22. The van der Waals surface area contributed by atoms with Crippen LogP contribution >= 0.6 is 22.7 Å². The van der Waals surface area contributed by atoms with E-state index >= 15 is 0 Å². The molecule has 2 aromatic heterocycles. The molecule has 0 aliphatic carbocycles. The maximum atomic E-state index is 9.58. The molecule has 0 aliphatic rings. The Labute approximate surface area is 82.3 Å². The third kappa shape index (κ3) is 0.897. The van der Waals surface area contributed by atoms with Gasteiger partial charge in [-0.25, -0.2) is 0 Å². The fourth-order valence-corrected chi connectivity index (χ4v) is 3.51. The molecular formula is C9H6NOS2+. The maximum absolute atomic E-state index is 9.58. The Morgan fingerprint density at radius 2 is 2.08 bits per heavy atom. The second-order valence-electron chi connectivity index (χ2n) is 2.77. The topological polar surface area (TPSA) is 24.3 Å². The number of aromatic hydroxyl groups is 1. The largest absolute Gasteiger partial charge is 0.459 e. The molecule has 0 bridgehead atoms. The van der Waals surface area contributed by atoms with Crippen molar-refractivity contribution >= 4 is 37.0 Å². The number of benzene rings is 1. The molecule has 1 N–H and O–H groups in total. The maximum Gasteiger partial charge on any atom is 0.383 e. The van der Waals surface area contributed by atoms with Gasteiger partial charge >= 0.3 is 10.0 Å². The molecule has 0 spiro atoms. The van der Waals surface area contributed by atoms with Crippen molar-refractivity contribution in [3.05, 3.63) is 29.6 Å². The number of rotatable bonds is 0. The van der Waals surface area contributed by atoms with Crippen molar-refractivity contribution in [1.29, 1.82) is 0 Å². The molecule has 0 unspecified atom stereocenters. The summed E-state index contributed by atoms with van der Waals surface area (Å²) in [7, 11) is 0. The lowest BCUT2D eigenvalue weighted by atomic mass is 10.3. The van der Waals surface area contributed by atoms with Gasteiger partial charge in [-0.15, -0.1) is 4.40 Å². The number of hydrogen-bond acceptors (Lipinski definition) is 3. The van der Waals surface area contributed by atoms with E-state index in [9.17, 15) is 5.11 Å². The summed E-state index contributed by atoms with van der Waals surface area (Å²) in [5, 5.41) is 11.3. The molecule has 2 nitrogen and oxygen atoms in total. The van der Waals surface area contributed by atoms with Crippen LogP contribution in [0.5, 0.6) is 5.88 Å². The van der Waals surface area contributed by atoms with Gasteiger partial charge < -0.3 is 5.11 Å². The summed E-state index contributed by atoms with van der Waals surface area (Å²) in [6, 6.07) is 8.09. The first kappa shape index (κ1) is 7.29. The molecular weight excluding hydrogens is 202 g/mol. The second-order valence-corrected chi connectivity index (χ2v) is 4.91. The lowest BCUT2D eigenvalue weighted by molar-refractivity contribution is -0.485. The third-order valence-corrected chi connectivity index (χ3v) is 4.15. The normalized spacial score (nSPS) is 11.4. The van der Waals surface area contributed by atoms with Crippen molar-refractivity contribution in [3.8, 4) is 5.88 Å². The average Bonchev–Trinajstić information content (AvgIpc) is 2.66. The first-order valence-corrected chi connectivity index (χ1v) is 5.55. The van der Waals surface area contributed by atoms with Gasteiger partial charge in [0.1, 0.15) is 10.1 Å². The molecule has 1 aromatic carbocycles. The predicted octanol–water partition coefficient (Wildman–Crippen LogP) is 2.41. The van der Waals surface area contributed by atoms with Crippen LogP contribution in [-0.2, 0) is 0 Å². The Balaban J connectivity index is 2.66. The lowest BCUT2D eigenvalue weighted by Crippen LogP contribution is -2.15. The monoisotopic (exact) mass is 208 g/mol. The van der Waals surface area contributed by atoms with E-state index in [0.717, 1.165) is 9.66 Å². The minimum atomic E-state index is 0.331. The summed E-state index contributed by atoms with van der Waals surface area (Å²) in [6.45, 7) is 0. The minimum Gasteiger partial charge on any atom is -0.459 e. The average molecular weight is 208 g/mol. The number of fused-ring (bicyclic) bond motifs is 3. The van der Waals surface area contributed by atoms with Crippen molar-refractivity contribution in [1.82, 2.24) is 0 Å². The van der Waals surface area contributed by atoms with Crippen LogP contribution in [0.3, 0.4) is 0 Å². The van der Waals surface area contributed by atoms with Crippen molar-refractivity contribution in [2.24, 2.45) is 0 Å². The van der Waals surface area contributed by atoms with Crippen molar-refractivity contribution in [2.75, 3.05) is 0 Å². The number of hydrogen-bond donors (Lipinski definition) is 1. The van der Waals surface area contributed by atoms with Crippen LogP contribution in [-0.4, -0.2) is 5.11 Å². The predicted molar refractivity (Wildman–Crippen MR) is 54.5 cm³/mol. The van der Waals surface area contributed by atoms with Gasteiger partial charge in [0.15, 0.2) is 0 Å². The van der Waals surface area contributed by atoms with E-state index in [1.54, 1.807) is 28.1 Å². The summed E-state index contributed by atoms with van der Waals surface area (Å²) >= 11 is 3.28. The van der Waals surface area contributed by atoms with Crippen LogP contribution in [0.4, 0.5) is 0 Å². The van der Waals surface area contributed by atoms with E-state index in [0.29, 0.717) is 5.88 Å². The molecule has 0 saturated carbocycles. The van der Waals surface area contributed by atoms with E-state index < -0.39 is 0 Å². The summed E-state index contributed by atoms with van der Waals surface area (Å²) in [5.41, 5.74) is 1.08. The highest BCUT2D eigenvalue weighted by molar-refractivity contribution is 7.38. The summed E-state index contributed by atoms with van der Waals surface area (Å²) in [4.78, 5) is 0. The minimum absolute atomic E-state index is 0.331. The molecule has 2 heterocycles. The first-order valence-electron chi connectivity index (χ1n) is 3.86. The number of nitrogens with zero attached hydrogens (tertiary/aromatic N) is 1. The van der Waals surface area contributed by atoms with Crippen molar-refractivity contribution < 1.29 is 9.51 Å². The van der Waals surface area contributed by atoms with Crippen LogP contribution < -0.4 is 4.40 Å². The Morgan fingerprint density at radius 3 is 3.00 bits per heavy atom. The molecule has 3 rings (SSSR count). The molecule has 13 heavy (non-hydrogen) atoms. The quantitative estimate of drug-likeness (QED) is 0.564. The summed E-state index contributed by atoms with van der Waals surface area (Å²) in [6.07, 6.45) is 0. The van der Waals surface area contributed by atoms with Crippen LogP contribution in [0, 0.1) is 0 Å². The Morgan fingerprint density at radius 1 is 1.23 bits per heavy atom. The SMILES string of the molecule is Oc1csc2sc3ccccc3[n+]12. The lowest BCUT2D eigenvalue weighted by Gasteiger charge is -1.80. The van der Waals surface area contributed by atoms with E-state index in [1.807, 2.05) is 22.6 Å². The molecule has 0 amide bonds. The van der Waals surface area contributed by atoms with Gasteiger partial charge in [-0.2, -0.15) is 0 Å². The number of thiazole rings is 2. The van der Waals surface area contributed by atoms with Crippen LogP contribution in [0.1, 0.15) is 0 Å². The highest BCUT2D eigenvalue weighted by Gasteiger charge is 2.19. The Kier molecular flexibility index (Phi) is 1.36. The molecule has 0 saturated heterocycles. The zero-order valence-electron chi connectivity index (χ0n) is 6.60. The van der Waals surface area contributed by atoms with Crippen molar-refractivity contribution in [2.45, 2.75) is 0 Å². The van der Waals surface area contributed by atoms with Crippen LogP contribution in [0.25, 0.3) is 14.4 Å². The fourth-order valence-electron chi connectivity index (χ4n) is 1.42. The molecule has 0 aliphatic heterocycles. The molecule has 0 fully saturated rings. The molecule has 0 atom stereocenters. The zero-order chi connectivity index (χ0) is 8.84. The van der Waals surface area contributed by atoms with E-state index in [-0.39, 0.29) is 0 Å². The van der Waals surface area contributed by atoms with Gasteiger partial charge in [-0.3, -0.25) is 0 Å². The van der Waals surface area contributed by atoms with E-state index in [2.05, 4.69) is 6.07 Å². The molecule has 64 valence electrons. The first-order chi connectivity index (χ1) is 6.36. The van der Waals surface area contributed by atoms with E-state index in [1.165, 1.54) is 4.70 Å². The van der Waals surface area contributed by atoms with Crippen molar-refractivity contribution in [3.63, 3.8) is 0 Å². The number of para-hydroxylation sites is 1. The van der Waals surface area contributed by atoms with Crippen LogP contribution in [0.2, 0.25) is 0 Å². The van der Waals surface area contributed by atoms with Gasteiger partial charge in [0, 0.05) is 6.07 Å².